The van der Waals surface area contributed by atoms with Crippen LogP contribution >= 0.6 is 0 Å². The summed E-state index contributed by atoms with van der Waals surface area (Å²) in [6.45, 7) is 1.86. The Morgan fingerprint density at radius 3 is 2.58 bits per heavy atom. The van der Waals surface area contributed by atoms with Crippen LogP contribution in [0, 0.1) is 6.92 Å². The van der Waals surface area contributed by atoms with Crippen LogP contribution in [0.5, 0.6) is 5.88 Å². The highest BCUT2D eigenvalue weighted by molar-refractivity contribution is 5.70. The molecule has 0 unspecified atom stereocenters. The Morgan fingerprint density at radius 2 is 1.95 bits per heavy atom. The monoisotopic (exact) mass is 258 g/mol. The molecule has 0 radical (unpaired) electrons. The van der Waals surface area contributed by atoms with Crippen LogP contribution in [0.2, 0.25) is 0 Å². The molecule has 5 heteroatoms. The zero-order valence-corrected chi connectivity index (χ0v) is 10.5. The fourth-order valence-electron chi connectivity index (χ4n) is 2.31. The highest BCUT2D eigenvalue weighted by Crippen LogP contribution is 2.38. The second kappa shape index (κ2) is 4.12. The Bertz CT molecular complexity index is 754. The van der Waals surface area contributed by atoms with Gasteiger partial charge >= 0.3 is 5.69 Å². The summed E-state index contributed by atoms with van der Waals surface area (Å²) in [6, 6.07) is 7.30. The molecule has 2 N–H and O–H groups in total. The van der Waals surface area contributed by atoms with Crippen molar-refractivity contribution in [2.45, 2.75) is 25.8 Å². The normalized spacial score (nSPS) is 14.6. The summed E-state index contributed by atoms with van der Waals surface area (Å²) in [5.74, 6) is -0.231. The van der Waals surface area contributed by atoms with E-state index in [1.165, 1.54) is 4.57 Å². The minimum absolute atomic E-state index is 0.00659. The number of aromatic amines is 1. The molecule has 3 rings (SSSR count). The molecule has 98 valence electrons. The van der Waals surface area contributed by atoms with E-state index in [9.17, 15) is 14.7 Å². The van der Waals surface area contributed by atoms with Gasteiger partial charge in [0.05, 0.1) is 0 Å². The lowest BCUT2D eigenvalue weighted by molar-refractivity contribution is 0.405. The first kappa shape index (κ1) is 11.8. The largest absolute Gasteiger partial charge is 0.494 e. The number of nitrogens with zero attached hydrogens (tertiary/aromatic N) is 1. The van der Waals surface area contributed by atoms with Crippen molar-refractivity contribution in [3.05, 3.63) is 50.7 Å². The van der Waals surface area contributed by atoms with Crippen LogP contribution in [-0.2, 0) is 0 Å². The number of hydrogen-bond donors (Lipinski definition) is 2. The van der Waals surface area contributed by atoms with Gasteiger partial charge in [0.1, 0.15) is 5.56 Å². The molecule has 1 fully saturated rings. The number of aromatic nitrogens is 2. The van der Waals surface area contributed by atoms with Crippen LogP contribution in [0.3, 0.4) is 0 Å². The van der Waals surface area contributed by atoms with Crippen molar-refractivity contribution in [3.8, 4) is 17.0 Å². The van der Waals surface area contributed by atoms with Crippen molar-refractivity contribution in [3.63, 3.8) is 0 Å². The van der Waals surface area contributed by atoms with Crippen molar-refractivity contribution in [1.82, 2.24) is 9.55 Å². The van der Waals surface area contributed by atoms with Gasteiger partial charge in [-0.2, -0.15) is 0 Å². The van der Waals surface area contributed by atoms with Crippen LogP contribution in [0.1, 0.15) is 24.4 Å². The van der Waals surface area contributed by atoms with Gasteiger partial charge in [-0.15, -0.1) is 0 Å². The molecule has 1 saturated carbocycles. The Kier molecular flexibility index (Phi) is 2.55. The molecule has 0 aliphatic heterocycles. The SMILES string of the molecule is Cc1ccccc1-c1c(O)n(C2CC2)c(=O)[nH]c1=O. The highest BCUT2D eigenvalue weighted by Gasteiger charge is 2.29. The molecule has 5 nitrogen and oxygen atoms in total. The summed E-state index contributed by atoms with van der Waals surface area (Å²) < 4.78 is 1.28. The second-order valence-corrected chi connectivity index (χ2v) is 4.87. The standard InChI is InChI=1S/C14H14N2O3/c1-8-4-2-3-5-10(8)11-12(17)15-14(19)16(13(11)18)9-6-7-9/h2-5,9,18H,6-7H2,1H3,(H,15,17,19). The Labute approximate surface area is 109 Å². The lowest BCUT2D eigenvalue weighted by Gasteiger charge is -2.11. The summed E-state index contributed by atoms with van der Waals surface area (Å²) in [7, 11) is 0. The zero-order chi connectivity index (χ0) is 13.6. The maximum absolute atomic E-state index is 12.0. The number of rotatable bonds is 2. The van der Waals surface area contributed by atoms with Gasteiger partial charge in [-0.3, -0.25) is 14.3 Å². The van der Waals surface area contributed by atoms with Gasteiger partial charge in [0.25, 0.3) is 5.56 Å². The molecule has 0 amide bonds. The molecule has 1 heterocycles. The van der Waals surface area contributed by atoms with E-state index in [-0.39, 0.29) is 17.5 Å². The first-order valence-corrected chi connectivity index (χ1v) is 6.23. The van der Waals surface area contributed by atoms with Crippen molar-refractivity contribution >= 4 is 0 Å². The molecule has 19 heavy (non-hydrogen) atoms. The predicted octanol–water partition coefficient (Wildman–Crippen LogP) is 1.55. The summed E-state index contributed by atoms with van der Waals surface area (Å²) >= 11 is 0. The number of H-pyrrole nitrogens is 1. The van der Waals surface area contributed by atoms with Gasteiger partial charge < -0.3 is 5.11 Å². The summed E-state index contributed by atoms with van der Waals surface area (Å²) in [5.41, 5.74) is 0.612. The third-order valence-corrected chi connectivity index (χ3v) is 3.44. The molecule has 1 aliphatic carbocycles. The smallest absolute Gasteiger partial charge is 0.331 e. The summed E-state index contributed by atoms with van der Waals surface area (Å²) in [5, 5.41) is 10.3. The lowest BCUT2D eigenvalue weighted by Crippen LogP contribution is -2.30. The molecule has 0 spiro atoms. The molecule has 1 aliphatic rings. The van der Waals surface area contributed by atoms with E-state index in [0.717, 1.165) is 18.4 Å². The van der Waals surface area contributed by atoms with E-state index in [0.29, 0.717) is 5.56 Å². The van der Waals surface area contributed by atoms with Crippen molar-refractivity contribution in [1.29, 1.82) is 0 Å². The van der Waals surface area contributed by atoms with Crippen molar-refractivity contribution in [2.75, 3.05) is 0 Å². The number of nitrogens with one attached hydrogen (secondary N) is 1. The second-order valence-electron chi connectivity index (χ2n) is 4.87. The van der Waals surface area contributed by atoms with Crippen LogP contribution in [0.15, 0.2) is 33.9 Å². The van der Waals surface area contributed by atoms with E-state index in [1.807, 2.05) is 19.1 Å². The van der Waals surface area contributed by atoms with Crippen LogP contribution in [0.4, 0.5) is 0 Å². The van der Waals surface area contributed by atoms with Gasteiger partial charge in [-0.05, 0) is 30.9 Å². The van der Waals surface area contributed by atoms with Crippen LogP contribution < -0.4 is 11.2 Å². The number of benzene rings is 1. The van der Waals surface area contributed by atoms with Gasteiger partial charge in [0, 0.05) is 6.04 Å². The number of hydrogen-bond acceptors (Lipinski definition) is 3. The quantitative estimate of drug-likeness (QED) is 0.858. The van der Waals surface area contributed by atoms with Crippen LogP contribution in [0.25, 0.3) is 11.1 Å². The number of aryl methyl sites for hydroxylation is 1. The van der Waals surface area contributed by atoms with E-state index in [2.05, 4.69) is 4.98 Å². The van der Waals surface area contributed by atoms with Crippen molar-refractivity contribution < 1.29 is 5.11 Å². The van der Waals surface area contributed by atoms with Gasteiger partial charge in [0.15, 0.2) is 0 Å². The van der Waals surface area contributed by atoms with Gasteiger partial charge in [0.2, 0.25) is 5.88 Å². The van der Waals surface area contributed by atoms with Gasteiger partial charge in [-0.1, -0.05) is 24.3 Å². The zero-order valence-electron chi connectivity index (χ0n) is 10.5. The van der Waals surface area contributed by atoms with Crippen LogP contribution in [-0.4, -0.2) is 14.7 Å². The van der Waals surface area contributed by atoms with Crippen molar-refractivity contribution in [2.24, 2.45) is 0 Å². The molecule has 1 aromatic heterocycles. The molecule has 2 aromatic rings. The minimum atomic E-state index is -0.547. The first-order valence-electron chi connectivity index (χ1n) is 6.23. The topological polar surface area (TPSA) is 75.1 Å². The molecular formula is C14H14N2O3. The van der Waals surface area contributed by atoms with E-state index in [4.69, 9.17) is 0 Å². The third-order valence-electron chi connectivity index (χ3n) is 3.44. The van der Waals surface area contributed by atoms with E-state index < -0.39 is 11.2 Å². The third kappa shape index (κ3) is 1.87. The molecule has 0 saturated heterocycles. The predicted molar refractivity (Wildman–Crippen MR) is 71.4 cm³/mol. The maximum Gasteiger partial charge on any atom is 0.331 e. The minimum Gasteiger partial charge on any atom is -0.494 e. The highest BCUT2D eigenvalue weighted by atomic mass is 16.3. The Balaban J connectivity index is 2.33. The maximum atomic E-state index is 12.0. The Hall–Kier alpha value is -2.30. The molecule has 1 aromatic carbocycles. The molecular weight excluding hydrogens is 244 g/mol. The summed E-state index contributed by atoms with van der Waals surface area (Å²) in [6.07, 6.45) is 1.71. The molecule has 0 atom stereocenters. The van der Waals surface area contributed by atoms with E-state index in [1.54, 1.807) is 12.1 Å². The Morgan fingerprint density at radius 1 is 1.26 bits per heavy atom. The van der Waals surface area contributed by atoms with Gasteiger partial charge in [-0.25, -0.2) is 4.79 Å². The average Bonchev–Trinajstić information content (AvgIpc) is 3.15. The fourth-order valence-corrected chi connectivity index (χ4v) is 2.31. The van der Waals surface area contributed by atoms with E-state index >= 15 is 0 Å². The lowest BCUT2D eigenvalue weighted by atomic mass is 10.0. The molecule has 0 bridgehead atoms. The first-order chi connectivity index (χ1) is 9.09. The average molecular weight is 258 g/mol. The summed E-state index contributed by atoms with van der Waals surface area (Å²) in [4.78, 5) is 26.0. The fraction of sp³-hybridized carbons (Fsp3) is 0.286. The number of aromatic hydroxyl groups is 1.